The molecule has 1 aromatic carbocycles. The molecule has 1 amide bonds. The summed E-state index contributed by atoms with van der Waals surface area (Å²) in [6.07, 6.45) is 2.09. The first-order chi connectivity index (χ1) is 11.3. The zero-order valence-electron chi connectivity index (χ0n) is 15.1. The van der Waals surface area contributed by atoms with Gasteiger partial charge in [0, 0.05) is 23.7 Å². The van der Waals surface area contributed by atoms with E-state index >= 15 is 0 Å². The van der Waals surface area contributed by atoms with Crippen LogP contribution in [-0.2, 0) is 6.54 Å². The molecule has 4 nitrogen and oxygen atoms in total. The van der Waals surface area contributed by atoms with Crippen molar-refractivity contribution in [2.24, 2.45) is 0 Å². The van der Waals surface area contributed by atoms with Gasteiger partial charge in [0.15, 0.2) is 4.96 Å². The molecule has 3 rings (SSSR count). The van der Waals surface area contributed by atoms with Crippen molar-refractivity contribution < 1.29 is 4.79 Å². The number of thiazole rings is 1. The molecular weight excluding hydrogens is 318 g/mol. The van der Waals surface area contributed by atoms with E-state index in [0.717, 1.165) is 33.0 Å². The molecule has 0 aliphatic rings. The Morgan fingerprint density at radius 2 is 1.79 bits per heavy atom. The number of benzene rings is 1. The summed E-state index contributed by atoms with van der Waals surface area (Å²) in [5.41, 5.74) is 6.12. The Morgan fingerprint density at radius 1 is 1.17 bits per heavy atom. The van der Waals surface area contributed by atoms with Gasteiger partial charge in [0.2, 0.25) is 0 Å². The van der Waals surface area contributed by atoms with Crippen molar-refractivity contribution in [1.29, 1.82) is 0 Å². The summed E-state index contributed by atoms with van der Waals surface area (Å²) in [6.45, 7) is 10.7. The van der Waals surface area contributed by atoms with Gasteiger partial charge in [-0.05, 0) is 45.7 Å². The Kier molecular flexibility index (Phi) is 4.22. The van der Waals surface area contributed by atoms with Crippen molar-refractivity contribution in [3.8, 4) is 0 Å². The minimum absolute atomic E-state index is 0.0614. The fourth-order valence-corrected chi connectivity index (χ4v) is 4.19. The van der Waals surface area contributed by atoms with E-state index in [1.165, 1.54) is 10.4 Å². The van der Waals surface area contributed by atoms with Gasteiger partial charge in [-0.2, -0.15) is 0 Å². The lowest BCUT2D eigenvalue weighted by Gasteiger charge is -2.20. The van der Waals surface area contributed by atoms with Crippen LogP contribution in [0.1, 0.15) is 43.3 Å². The van der Waals surface area contributed by atoms with Gasteiger partial charge in [-0.1, -0.05) is 17.7 Å². The molecule has 0 unspecified atom stereocenters. The van der Waals surface area contributed by atoms with Crippen molar-refractivity contribution in [2.45, 2.75) is 41.2 Å². The molecule has 0 saturated carbocycles. The largest absolute Gasteiger partial charge is 0.336 e. The van der Waals surface area contributed by atoms with E-state index in [0.29, 0.717) is 6.54 Å². The number of hydrogen-bond acceptors (Lipinski definition) is 3. The van der Waals surface area contributed by atoms with Crippen LogP contribution in [0.2, 0.25) is 0 Å². The molecule has 0 aliphatic heterocycles. The number of imidazole rings is 1. The lowest BCUT2D eigenvalue weighted by atomic mass is 9.99. The summed E-state index contributed by atoms with van der Waals surface area (Å²) in [5.74, 6) is 0.0614. The number of fused-ring (bicyclic) bond motifs is 1. The first-order valence-corrected chi connectivity index (χ1v) is 8.87. The lowest BCUT2D eigenvalue weighted by Crippen LogP contribution is -2.28. The van der Waals surface area contributed by atoms with Crippen LogP contribution in [-0.4, -0.2) is 27.2 Å². The molecule has 0 aliphatic carbocycles. The first-order valence-electron chi connectivity index (χ1n) is 8.05. The van der Waals surface area contributed by atoms with Gasteiger partial charge in [0.25, 0.3) is 5.91 Å². The van der Waals surface area contributed by atoms with Gasteiger partial charge in [-0.3, -0.25) is 9.20 Å². The molecule has 2 heterocycles. The Morgan fingerprint density at radius 3 is 2.42 bits per heavy atom. The third kappa shape index (κ3) is 2.84. The highest BCUT2D eigenvalue weighted by atomic mass is 32.1. The number of hydrogen-bond donors (Lipinski definition) is 0. The molecule has 0 bridgehead atoms. The zero-order valence-corrected chi connectivity index (χ0v) is 15.9. The van der Waals surface area contributed by atoms with Gasteiger partial charge in [0.05, 0.1) is 17.9 Å². The summed E-state index contributed by atoms with van der Waals surface area (Å²) in [5, 5.41) is 0. The highest BCUT2D eigenvalue weighted by Crippen LogP contribution is 2.23. The second kappa shape index (κ2) is 6.06. The molecule has 0 spiro atoms. The van der Waals surface area contributed by atoms with E-state index in [9.17, 15) is 4.79 Å². The zero-order chi connectivity index (χ0) is 17.6. The highest BCUT2D eigenvalue weighted by molar-refractivity contribution is 7.17. The number of nitrogens with zero attached hydrogens (tertiary/aromatic N) is 3. The Bertz CT molecular complexity index is 913. The number of amides is 1. The van der Waals surface area contributed by atoms with Crippen LogP contribution in [0.5, 0.6) is 0 Å². The summed E-state index contributed by atoms with van der Waals surface area (Å²) in [6, 6.07) is 4.14. The smallest absolute Gasteiger partial charge is 0.254 e. The Balaban J connectivity index is 1.93. The average Bonchev–Trinajstić information content (AvgIpc) is 2.95. The van der Waals surface area contributed by atoms with Gasteiger partial charge in [-0.15, -0.1) is 11.3 Å². The summed E-state index contributed by atoms with van der Waals surface area (Å²) < 4.78 is 2.11. The van der Waals surface area contributed by atoms with Crippen LogP contribution >= 0.6 is 11.3 Å². The molecule has 0 fully saturated rings. The van der Waals surface area contributed by atoms with Crippen LogP contribution in [0.25, 0.3) is 4.96 Å². The molecule has 0 saturated heterocycles. The second-order valence-corrected chi connectivity index (χ2v) is 7.79. The SMILES string of the molecule is Cc1cc(C)c(C(=O)N(C)Cc2c(C)nc3sc(C)cn23)c(C)c1. The average molecular weight is 341 g/mol. The van der Waals surface area contributed by atoms with Crippen LogP contribution in [0.3, 0.4) is 0 Å². The summed E-state index contributed by atoms with van der Waals surface area (Å²) >= 11 is 1.67. The maximum atomic E-state index is 13.0. The van der Waals surface area contributed by atoms with Gasteiger partial charge < -0.3 is 4.90 Å². The minimum atomic E-state index is 0.0614. The van der Waals surface area contributed by atoms with Gasteiger partial charge >= 0.3 is 0 Å². The van der Waals surface area contributed by atoms with Gasteiger partial charge in [-0.25, -0.2) is 4.98 Å². The van der Waals surface area contributed by atoms with Crippen molar-refractivity contribution >= 4 is 22.2 Å². The Hall–Kier alpha value is -2.14. The number of carbonyl (C=O) groups excluding carboxylic acids is 1. The van der Waals surface area contributed by atoms with Crippen LogP contribution in [0.4, 0.5) is 0 Å². The molecule has 0 atom stereocenters. The van der Waals surface area contributed by atoms with E-state index in [4.69, 9.17) is 0 Å². The third-order valence-electron chi connectivity index (χ3n) is 4.37. The topological polar surface area (TPSA) is 37.6 Å². The van der Waals surface area contributed by atoms with Crippen molar-refractivity contribution in [1.82, 2.24) is 14.3 Å². The Labute approximate surface area is 146 Å². The third-order valence-corrected chi connectivity index (χ3v) is 5.26. The predicted octanol–water partition coefficient (Wildman–Crippen LogP) is 4.21. The van der Waals surface area contributed by atoms with E-state index in [1.807, 2.05) is 27.8 Å². The maximum Gasteiger partial charge on any atom is 0.254 e. The van der Waals surface area contributed by atoms with Crippen molar-refractivity contribution in [3.63, 3.8) is 0 Å². The van der Waals surface area contributed by atoms with Crippen molar-refractivity contribution in [2.75, 3.05) is 7.05 Å². The van der Waals surface area contributed by atoms with Crippen LogP contribution in [0.15, 0.2) is 18.3 Å². The monoisotopic (exact) mass is 341 g/mol. The number of aryl methyl sites for hydroxylation is 5. The number of carbonyl (C=O) groups is 1. The highest BCUT2D eigenvalue weighted by Gasteiger charge is 2.20. The van der Waals surface area contributed by atoms with Crippen LogP contribution < -0.4 is 0 Å². The molecule has 5 heteroatoms. The normalized spacial score (nSPS) is 11.2. The molecule has 2 aromatic heterocycles. The molecule has 0 N–H and O–H groups in total. The molecular formula is C19H23N3OS. The quantitative estimate of drug-likeness (QED) is 0.716. The fraction of sp³-hybridized carbons (Fsp3) is 0.368. The minimum Gasteiger partial charge on any atom is -0.336 e. The molecule has 0 radical (unpaired) electrons. The number of aromatic nitrogens is 2. The van der Waals surface area contributed by atoms with Crippen molar-refractivity contribution in [3.05, 3.63) is 56.8 Å². The van der Waals surface area contributed by atoms with E-state index < -0.39 is 0 Å². The maximum absolute atomic E-state index is 13.0. The van der Waals surface area contributed by atoms with E-state index in [1.54, 1.807) is 16.2 Å². The number of rotatable bonds is 3. The molecule has 126 valence electrons. The summed E-state index contributed by atoms with van der Waals surface area (Å²) in [4.78, 5) is 21.6. The first kappa shape index (κ1) is 16.7. The van der Waals surface area contributed by atoms with Gasteiger partial charge in [0.1, 0.15) is 0 Å². The standard InChI is InChI=1S/C19H23N3OS/c1-11-7-12(2)17(13(3)8-11)18(23)21(6)10-16-15(5)20-19-22(16)9-14(4)24-19/h7-9H,10H2,1-6H3. The van der Waals surface area contributed by atoms with E-state index in [-0.39, 0.29) is 5.91 Å². The predicted molar refractivity (Wildman–Crippen MR) is 99.0 cm³/mol. The second-order valence-electron chi connectivity index (χ2n) is 6.57. The lowest BCUT2D eigenvalue weighted by molar-refractivity contribution is 0.0781. The van der Waals surface area contributed by atoms with E-state index in [2.05, 4.69) is 41.6 Å². The fourth-order valence-electron chi connectivity index (χ4n) is 3.30. The molecule has 24 heavy (non-hydrogen) atoms. The summed E-state index contributed by atoms with van der Waals surface area (Å²) in [7, 11) is 1.86. The molecule has 3 aromatic rings. The van der Waals surface area contributed by atoms with Crippen LogP contribution in [0, 0.1) is 34.6 Å².